The van der Waals surface area contributed by atoms with Gasteiger partial charge in [0.15, 0.2) is 0 Å². The molecule has 0 aliphatic carbocycles. The van der Waals surface area contributed by atoms with E-state index in [1.54, 1.807) is 4.90 Å². The first-order valence-electron chi connectivity index (χ1n) is 6.39. The molecule has 1 aliphatic rings. The quantitative estimate of drug-likeness (QED) is 0.823. The highest BCUT2D eigenvalue weighted by atomic mass is 16.2. The van der Waals surface area contributed by atoms with Gasteiger partial charge >= 0.3 is 0 Å². The van der Waals surface area contributed by atoms with Crippen molar-refractivity contribution in [2.24, 2.45) is 5.73 Å². The molecule has 102 valence electrons. The van der Waals surface area contributed by atoms with Crippen LogP contribution in [0.15, 0.2) is 30.3 Å². The van der Waals surface area contributed by atoms with Crippen LogP contribution in [-0.2, 0) is 16.0 Å². The molecular formula is C14H19N3O2. The summed E-state index contributed by atoms with van der Waals surface area (Å²) >= 11 is 0. The molecule has 0 saturated carbocycles. The Morgan fingerprint density at radius 2 is 1.95 bits per heavy atom. The van der Waals surface area contributed by atoms with Gasteiger partial charge in [0.25, 0.3) is 0 Å². The van der Waals surface area contributed by atoms with Crippen molar-refractivity contribution >= 4 is 11.8 Å². The molecule has 0 bridgehead atoms. The van der Waals surface area contributed by atoms with Crippen molar-refractivity contribution < 1.29 is 9.59 Å². The third-order valence-corrected chi connectivity index (χ3v) is 3.43. The van der Waals surface area contributed by atoms with E-state index in [1.165, 1.54) is 0 Å². The summed E-state index contributed by atoms with van der Waals surface area (Å²) < 4.78 is 0. The van der Waals surface area contributed by atoms with Crippen LogP contribution in [0.4, 0.5) is 0 Å². The summed E-state index contributed by atoms with van der Waals surface area (Å²) in [7, 11) is 1.93. The Morgan fingerprint density at radius 1 is 1.26 bits per heavy atom. The van der Waals surface area contributed by atoms with E-state index in [0.29, 0.717) is 19.5 Å². The zero-order valence-electron chi connectivity index (χ0n) is 11.1. The first kappa shape index (κ1) is 13.5. The number of likely N-dealkylation sites (N-methyl/N-ethyl adjacent to an activating group) is 1. The lowest BCUT2D eigenvalue weighted by Gasteiger charge is -2.38. The molecule has 1 aliphatic heterocycles. The molecule has 1 saturated heterocycles. The molecule has 1 fully saturated rings. The van der Waals surface area contributed by atoms with Gasteiger partial charge in [0.1, 0.15) is 6.04 Å². The predicted octanol–water partition coefficient (Wildman–Crippen LogP) is -0.143. The Labute approximate surface area is 113 Å². The number of piperazine rings is 1. The first-order valence-corrected chi connectivity index (χ1v) is 6.39. The van der Waals surface area contributed by atoms with E-state index in [0.717, 1.165) is 12.1 Å². The van der Waals surface area contributed by atoms with Crippen LogP contribution in [0.3, 0.4) is 0 Å². The summed E-state index contributed by atoms with van der Waals surface area (Å²) in [6.07, 6.45) is 0.314. The van der Waals surface area contributed by atoms with E-state index in [4.69, 9.17) is 5.73 Å². The molecule has 2 rings (SSSR count). The lowest BCUT2D eigenvalue weighted by Crippen LogP contribution is -2.59. The number of carbonyl (C=O) groups excluding carboxylic acids is 2. The average molecular weight is 261 g/mol. The Hall–Kier alpha value is -1.88. The molecule has 0 aromatic heterocycles. The number of amides is 2. The third kappa shape index (κ3) is 3.32. The standard InChI is InChI=1S/C14H19N3O2/c1-16-7-8-17(12(10-16)14(15)19)13(18)9-11-5-3-2-4-6-11/h2-6,12H,7-10H2,1H3,(H2,15,19)/t12-/m1/s1. The van der Waals surface area contributed by atoms with Crippen LogP contribution in [0.2, 0.25) is 0 Å². The molecule has 1 aromatic rings. The fraction of sp³-hybridized carbons (Fsp3) is 0.429. The topological polar surface area (TPSA) is 66.6 Å². The van der Waals surface area contributed by atoms with E-state index in [9.17, 15) is 9.59 Å². The van der Waals surface area contributed by atoms with Crippen molar-refractivity contribution in [1.82, 2.24) is 9.80 Å². The van der Waals surface area contributed by atoms with Gasteiger partial charge in [0, 0.05) is 19.6 Å². The summed E-state index contributed by atoms with van der Waals surface area (Å²) in [5, 5.41) is 0. The largest absolute Gasteiger partial charge is 0.368 e. The van der Waals surface area contributed by atoms with Gasteiger partial charge in [-0.25, -0.2) is 0 Å². The Kier molecular flexibility index (Phi) is 4.16. The molecular weight excluding hydrogens is 242 g/mol. The number of hydrogen-bond donors (Lipinski definition) is 1. The fourth-order valence-corrected chi connectivity index (χ4v) is 2.33. The van der Waals surface area contributed by atoms with Gasteiger partial charge in [0.2, 0.25) is 11.8 Å². The zero-order chi connectivity index (χ0) is 13.8. The summed E-state index contributed by atoms with van der Waals surface area (Å²) in [6, 6.07) is 9.02. The monoisotopic (exact) mass is 261 g/mol. The third-order valence-electron chi connectivity index (χ3n) is 3.43. The van der Waals surface area contributed by atoms with Crippen LogP contribution in [0.25, 0.3) is 0 Å². The van der Waals surface area contributed by atoms with Gasteiger partial charge in [-0.3, -0.25) is 9.59 Å². The molecule has 2 amide bonds. The van der Waals surface area contributed by atoms with Gasteiger partial charge in [-0.05, 0) is 12.6 Å². The lowest BCUT2D eigenvalue weighted by atomic mass is 10.1. The minimum Gasteiger partial charge on any atom is -0.368 e. The number of carbonyl (C=O) groups is 2. The highest BCUT2D eigenvalue weighted by Crippen LogP contribution is 2.11. The van der Waals surface area contributed by atoms with Crippen LogP contribution in [-0.4, -0.2) is 54.3 Å². The lowest BCUT2D eigenvalue weighted by molar-refractivity contribution is -0.141. The van der Waals surface area contributed by atoms with Crippen LogP contribution in [0, 0.1) is 0 Å². The van der Waals surface area contributed by atoms with E-state index in [-0.39, 0.29) is 5.91 Å². The van der Waals surface area contributed by atoms with E-state index in [2.05, 4.69) is 0 Å². The number of rotatable bonds is 3. The summed E-state index contributed by atoms with van der Waals surface area (Å²) in [4.78, 5) is 27.4. The number of primary amides is 1. The molecule has 1 aromatic carbocycles. The van der Waals surface area contributed by atoms with Crippen molar-refractivity contribution in [3.05, 3.63) is 35.9 Å². The number of nitrogens with two attached hydrogens (primary N) is 1. The van der Waals surface area contributed by atoms with Crippen LogP contribution in [0.5, 0.6) is 0 Å². The second kappa shape index (κ2) is 5.84. The summed E-state index contributed by atoms with van der Waals surface area (Å²) in [5.74, 6) is -0.476. The summed E-state index contributed by atoms with van der Waals surface area (Å²) in [5.41, 5.74) is 6.34. The maximum atomic E-state index is 12.3. The SMILES string of the molecule is CN1CCN(C(=O)Cc2ccccc2)[C@@H](C(N)=O)C1. The van der Waals surface area contributed by atoms with Gasteiger partial charge in [-0.1, -0.05) is 30.3 Å². The first-order chi connectivity index (χ1) is 9.08. The number of benzene rings is 1. The highest BCUT2D eigenvalue weighted by Gasteiger charge is 2.32. The average Bonchev–Trinajstić information content (AvgIpc) is 2.39. The van der Waals surface area contributed by atoms with Crippen molar-refractivity contribution in [3.8, 4) is 0 Å². The van der Waals surface area contributed by atoms with Crippen molar-refractivity contribution in [2.75, 3.05) is 26.7 Å². The Bertz CT molecular complexity index is 461. The van der Waals surface area contributed by atoms with E-state index >= 15 is 0 Å². The van der Waals surface area contributed by atoms with Gasteiger partial charge in [-0.15, -0.1) is 0 Å². The fourth-order valence-electron chi connectivity index (χ4n) is 2.33. The summed E-state index contributed by atoms with van der Waals surface area (Å²) in [6.45, 7) is 1.83. The number of nitrogens with zero attached hydrogens (tertiary/aromatic N) is 2. The molecule has 0 unspecified atom stereocenters. The molecule has 1 heterocycles. The van der Waals surface area contributed by atoms with Crippen LogP contribution >= 0.6 is 0 Å². The Balaban J connectivity index is 2.06. The minimum atomic E-state index is -0.519. The molecule has 19 heavy (non-hydrogen) atoms. The highest BCUT2D eigenvalue weighted by molar-refractivity contribution is 5.88. The maximum absolute atomic E-state index is 12.3. The molecule has 2 N–H and O–H groups in total. The van der Waals surface area contributed by atoms with Crippen LogP contribution < -0.4 is 5.73 Å². The van der Waals surface area contributed by atoms with Gasteiger partial charge in [0.05, 0.1) is 6.42 Å². The van der Waals surface area contributed by atoms with E-state index in [1.807, 2.05) is 42.3 Å². The van der Waals surface area contributed by atoms with Gasteiger partial charge in [-0.2, -0.15) is 0 Å². The number of hydrogen-bond acceptors (Lipinski definition) is 3. The van der Waals surface area contributed by atoms with E-state index < -0.39 is 11.9 Å². The maximum Gasteiger partial charge on any atom is 0.241 e. The van der Waals surface area contributed by atoms with Gasteiger partial charge < -0.3 is 15.5 Å². The van der Waals surface area contributed by atoms with Crippen LogP contribution in [0.1, 0.15) is 5.56 Å². The second-order valence-electron chi connectivity index (χ2n) is 4.93. The molecule has 1 atom stereocenters. The molecule has 0 spiro atoms. The normalized spacial score (nSPS) is 20.3. The molecule has 5 heteroatoms. The minimum absolute atomic E-state index is 0.0388. The van der Waals surface area contributed by atoms with Crippen molar-refractivity contribution in [3.63, 3.8) is 0 Å². The predicted molar refractivity (Wildman–Crippen MR) is 72.3 cm³/mol. The van der Waals surface area contributed by atoms with Crippen molar-refractivity contribution in [2.45, 2.75) is 12.5 Å². The Morgan fingerprint density at radius 3 is 2.58 bits per heavy atom. The molecule has 5 nitrogen and oxygen atoms in total. The second-order valence-corrected chi connectivity index (χ2v) is 4.93. The molecule has 0 radical (unpaired) electrons. The van der Waals surface area contributed by atoms with Crippen molar-refractivity contribution in [1.29, 1.82) is 0 Å². The smallest absolute Gasteiger partial charge is 0.241 e. The zero-order valence-corrected chi connectivity index (χ0v) is 11.1.